The molecule has 3 rings (SSSR count). The Labute approximate surface area is 153 Å². The second-order valence-corrected chi connectivity index (χ2v) is 7.69. The van der Waals surface area contributed by atoms with Gasteiger partial charge in [-0.05, 0) is 34.8 Å². The van der Waals surface area contributed by atoms with Crippen LogP contribution >= 0.6 is 11.3 Å². The van der Waals surface area contributed by atoms with Gasteiger partial charge in [0, 0.05) is 39.1 Å². The van der Waals surface area contributed by atoms with Crippen LogP contribution in [0.15, 0.2) is 65.0 Å². The lowest BCUT2D eigenvalue weighted by molar-refractivity contribution is 0.426. The fourth-order valence-corrected chi connectivity index (χ4v) is 3.62. The number of thiazole rings is 1. The molecule has 0 aliphatic rings. The van der Waals surface area contributed by atoms with Crippen molar-refractivity contribution in [2.45, 2.75) is 4.90 Å². The van der Waals surface area contributed by atoms with E-state index < -0.39 is 17.9 Å². The van der Waals surface area contributed by atoms with Crippen molar-refractivity contribution < 1.29 is 14.3 Å². The summed E-state index contributed by atoms with van der Waals surface area (Å²) >= 11 is 1.53. The van der Waals surface area contributed by atoms with E-state index in [9.17, 15) is 14.3 Å². The Morgan fingerprint density at radius 2 is 1.96 bits per heavy atom. The van der Waals surface area contributed by atoms with Crippen molar-refractivity contribution in [2.24, 2.45) is 0 Å². The molecule has 0 saturated heterocycles. The molecular formula is C18H16BNO3S2. The molecule has 4 nitrogen and oxygen atoms in total. The topological polar surface area (TPSA) is 70.4 Å². The van der Waals surface area contributed by atoms with E-state index in [-0.39, 0.29) is 0 Å². The number of benzene rings is 2. The molecule has 2 N–H and O–H groups in total. The second kappa shape index (κ2) is 7.88. The Bertz CT molecular complexity index is 906. The van der Waals surface area contributed by atoms with Crippen molar-refractivity contribution >= 4 is 46.4 Å². The molecule has 3 aromatic rings. The first-order valence-electron chi connectivity index (χ1n) is 7.56. The van der Waals surface area contributed by atoms with Gasteiger partial charge in [0.25, 0.3) is 0 Å². The molecule has 0 spiro atoms. The van der Waals surface area contributed by atoms with Crippen LogP contribution in [0.25, 0.3) is 11.6 Å². The van der Waals surface area contributed by atoms with E-state index in [1.807, 2.05) is 41.8 Å². The highest BCUT2D eigenvalue weighted by Gasteiger charge is 2.12. The normalized spacial score (nSPS) is 12.8. The summed E-state index contributed by atoms with van der Waals surface area (Å²) in [6, 6.07) is 14.6. The maximum absolute atomic E-state index is 11.6. The third kappa shape index (κ3) is 4.32. The van der Waals surface area contributed by atoms with Crippen LogP contribution in [-0.4, -0.2) is 32.6 Å². The van der Waals surface area contributed by atoms with Crippen LogP contribution in [0.3, 0.4) is 0 Å². The molecule has 0 aliphatic carbocycles. The van der Waals surface area contributed by atoms with E-state index in [1.165, 1.54) is 11.3 Å². The first kappa shape index (κ1) is 17.8. The van der Waals surface area contributed by atoms with Gasteiger partial charge < -0.3 is 10.0 Å². The van der Waals surface area contributed by atoms with Crippen molar-refractivity contribution in [3.63, 3.8) is 0 Å². The summed E-state index contributed by atoms with van der Waals surface area (Å²) in [7, 11) is -2.53. The van der Waals surface area contributed by atoms with E-state index in [0.717, 1.165) is 26.6 Å². The van der Waals surface area contributed by atoms with E-state index in [0.29, 0.717) is 5.46 Å². The quantitative estimate of drug-likeness (QED) is 0.534. The van der Waals surface area contributed by atoms with Crippen LogP contribution in [0.5, 0.6) is 0 Å². The van der Waals surface area contributed by atoms with Gasteiger partial charge >= 0.3 is 7.12 Å². The lowest BCUT2D eigenvalue weighted by atomic mass is 9.79. The fourth-order valence-electron chi connectivity index (χ4n) is 2.43. The van der Waals surface area contributed by atoms with Gasteiger partial charge in [-0.3, -0.25) is 4.21 Å². The minimum absolute atomic E-state index is 0.434. The zero-order chi connectivity index (χ0) is 17.8. The zero-order valence-electron chi connectivity index (χ0n) is 13.5. The van der Waals surface area contributed by atoms with Crippen molar-refractivity contribution in [2.75, 3.05) is 6.26 Å². The average Bonchev–Trinajstić information content (AvgIpc) is 3.14. The summed E-state index contributed by atoms with van der Waals surface area (Å²) in [5.41, 5.74) is 3.16. The molecule has 7 heteroatoms. The Hall–Kier alpha value is -2.06. The van der Waals surface area contributed by atoms with E-state index in [1.54, 1.807) is 30.7 Å². The second-order valence-electron chi connectivity index (χ2n) is 5.42. The molecule has 1 atom stereocenters. The Morgan fingerprint density at radius 1 is 1.20 bits per heavy atom. The summed E-state index contributed by atoms with van der Waals surface area (Å²) in [5, 5.41) is 21.5. The maximum Gasteiger partial charge on any atom is 0.488 e. The van der Waals surface area contributed by atoms with E-state index in [2.05, 4.69) is 4.98 Å². The molecule has 0 bridgehead atoms. The predicted molar refractivity (Wildman–Crippen MR) is 104 cm³/mol. The first-order chi connectivity index (χ1) is 12.0. The van der Waals surface area contributed by atoms with Crippen LogP contribution in [-0.2, 0) is 10.8 Å². The van der Waals surface area contributed by atoms with Gasteiger partial charge in [0.2, 0.25) is 0 Å². The standard InChI is InChI=1S/C18H16BNO3S2/c1-25(23)16-7-5-14(6-8-16)17(18-20-9-10-24-18)12-13-3-2-4-15(11-13)19(21)22/h2-12,21-22H,1H3. The molecule has 126 valence electrons. The van der Waals surface area contributed by atoms with Gasteiger partial charge in [0.1, 0.15) is 5.01 Å². The highest BCUT2D eigenvalue weighted by Crippen LogP contribution is 2.28. The molecule has 1 unspecified atom stereocenters. The molecule has 0 amide bonds. The van der Waals surface area contributed by atoms with Crippen molar-refractivity contribution in [1.29, 1.82) is 0 Å². The van der Waals surface area contributed by atoms with Crippen molar-refractivity contribution in [1.82, 2.24) is 4.98 Å². The molecular weight excluding hydrogens is 353 g/mol. The largest absolute Gasteiger partial charge is 0.488 e. The van der Waals surface area contributed by atoms with Crippen LogP contribution in [0.4, 0.5) is 0 Å². The summed E-state index contributed by atoms with van der Waals surface area (Å²) < 4.78 is 11.6. The third-order valence-corrected chi connectivity index (χ3v) is 5.42. The van der Waals surface area contributed by atoms with Crippen LogP contribution in [0.1, 0.15) is 16.1 Å². The smallest absolute Gasteiger partial charge is 0.423 e. The minimum Gasteiger partial charge on any atom is -0.423 e. The van der Waals surface area contributed by atoms with E-state index >= 15 is 0 Å². The molecule has 2 aromatic carbocycles. The zero-order valence-corrected chi connectivity index (χ0v) is 15.1. The van der Waals surface area contributed by atoms with Gasteiger partial charge in [-0.2, -0.15) is 0 Å². The number of nitrogens with zero attached hydrogens (tertiary/aromatic N) is 1. The lowest BCUT2D eigenvalue weighted by Crippen LogP contribution is -2.29. The maximum atomic E-state index is 11.6. The molecule has 0 fully saturated rings. The number of hydrogen-bond donors (Lipinski definition) is 2. The summed E-state index contributed by atoms with van der Waals surface area (Å²) in [5.74, 6) is 0. The Kier molecular flexibility index (Phi) is 5.60. The van der Waals surface area contributed by atoms with Crippen LogP contribution in [0, 0.1) is 0 Å². The number of aromatic nitrogens is 1. The highest BCUT2D eigenvalue weighted by molar-refractivity contribution is 7.84. The predicted octanol–water partition coefficient (Wildman–Crippen LogP) is 2.15. The molecule has 0 radical (unpaired) electrons. The monoisotopic (exact) mass is 369 g/mol. The molecule has 1 heterocycles. The molecule has 25 heavy (non-hydrogen) atoms. The summed E-state index contributed by atoms with van der Waals surface area (Å²) in [4.78, 5) is 5.17. The van der Waals surface area contributed by atoms with Crippen molar-refractivity contribution in [3.8, 4) is 0 Å². The molecule has 0 aliphatic heterocycles. The van der Waals surface area contributed by atoms with Gasteiger partial charge in [-0.1, -0.05) is 36.4 Å². The van der Waals surface area contributed by atoms with Gasteiger partial charge in [0.05, 0.1) is 0 Å². The third-order valence-electron chi connectivity index (χ3n) is 3.68. The average molecular weight is 369 g/mol. The highest BCUT2D eigenvalue weighted by atomic mass is 32.2. The van der Waals surface area contributed by atoms with Crippen molar-refractivity contribution in [3.05, 3.63) is 76.2 Å². The lowest BCUT2D eigenvalue weighted by Gasteiger charge is -2.07. The SMILES string of the molecule is CS(=O)c1ccc(C(=Cc2cccc(B(O)O)c2)c2nccs2)cc1. The number of rotatable bonds is 5. The van der Waals surface area contributed by atoms with Crippen LogP contribution < -0.4 is 5.46 Å². The molecule has 1 aromatic heterocycles. The van der Waals surface area contributed by atoms with Gasteiger partial charge in [-0.15, -0.1) is 11.3 Å². The Morgan fingerprint density at radius 3 is 2.56 bits per heavy atom. The first-order valence-corrected chi connectivity index (χ1v) is 10.00. The number of hydrogen-bond acceptors (Lipinski definition) is 5. The minimum atomic E-state index is -1.50. The van der Waals surface area contributed by atoms with E-state index in [4.69, 9.17) is 0 Å². The summed E-state index contributed by atoms with van der Waals surface area (Å²) in [6.45, 7) is 0. The summed E-state index contributed by atoms with van der Waals surface area (Å²) in [6.07, 6.45) is 5.36. The fraction of sp³-hybridized carbons (Fsp3) is 0.0556. The Balaban J connectivity index is 2.07. The van der Waals surface area contributed by atoms with Crippen LogP contribution in [0.2, 0.25) is 0 Å². The van der Waals surface area contributed by atoms with Gasteiger partial charge in [0.15, 0.2) is 0 Å². The van der Waals surface area contributed by atoms with Gasteiger partial charge in [-0.25, -0.2) is 4.98 Å². The molecule has 0 saturated carbocycles.